The van der Waals surface area contributed by atoms with Gasteiger partial charge in [-0.15, -0.1) is 0 Å². The van der Waals surface area contributed by atoms with E-state index in [1.807, 2.05) is 0 Å². The molecule has 2 aliphatic rings. The Labute approximate surface area is 127 Å². The van der Waals surface area contributed by atoms with Gasteiger partial charge in [0.2, 0.25) is 5.88 Å². The zero-order chi connectivity index (χ0) is 15.5. The van der Waals surface area contributed by atoms with Crippen LogP contribution in [0.5, 0.6) is 5.88 Å². The van der Waals surface area contributed by atoms with Gasteiger partial charge in [-0.2, -0.15) is 0 Å². The fraction of sp³-hybridized carbons (Fsp3) is 0.533. The van der Waals surface area contributed by atoms with Crippen molar-refractivity contribution in [1.82, 2.24) is 10.3 Å². The van der Waals surface area contributed by atoms with Crippen LogP contribution in [-0.4, -0.2) is 47.3 Å². The second-order valence-corrected chi connectivity index (χ2v) is 5.61. The summed E-state index contributed by atoms with van der Waals surface area (Å²) in [6.07, 6.45) is 3.89. The molecule has 0 aromatic carbocycles. The molecule has 0 bridgehead atoms. The lowest BCUT2D eigenvalue weighted by atomic mass is 10.1. The van der Waals surface area contributed by atoms with Gasteiger partial charge in [-0.1, -0.05) is 0 Å². The van der Waals surface area contributed by atoms with Crippen molar-refractivity contribution in [3.05, 3.63) is 23.9 Å². The van der Waals surface area contributed by atoms with Crippen LogP contribution in [0.1, 0.15) is 29.6 Å². The Hall–Kier alpha value is -2.15. The highest BCUT2D eigenvalue weighted by atomic mass is 16.5. The summed E-state index contributed by atoms with van der Waals surface area (Å²) >= 11 is 0. The molecule has 2 unspecified atom stereocenters. The number of carbonyl (C=O) groups is 2. The maximum absolute atomic E-state index is 12.2. The SMILES string of the molecule is O=C(NC(C(=O)O)C1CC1)c1ccnc(OC2CCOC2)c1. The third-order valence-corrected chi connectivity index (χ3v) is 3.82. The number of rotatable bonds is 6. The summed E-state index contributed by atoms with van der Waals surface area (Å²) in [5, 5.41) is 11.7. The van der Waals surface area contributed by atoms with Crippen LogP contribution in [0.15, 0.2) is 18.3 Å². The predicted octanol–water partition coefficient (Wildman–Crippen LogP) is 0.842. The molecule has 22 heavy (non-hydrogen) atoms. The molecule has 1 saturated carbocycles. The molecule has 2 N–H and O–H groups in total. The lowest BCUT2D eigenvalue weighted by Crippen LogP contribution is -2.42. The highest BCUT2D eigenvalue weighted by Gasteiger charge is 2.37. The minimum absolute atomic E-state index is 0.0367. The molecule has 3 rings (SSSR count). The third-order valence-electron chi connectivity index (χ3n) is 3.82. The number of carboxylic acids is 1. The molecule has 0 spiro atoms. The summed E-state index contributed by atoms with van der Waals surface area (Å²) in [6.45, 7) is 1.17. The van der Waals surface area contributed by atoms with Crippen molar-refractivity contribution < 1.29 is 24.2 Å². The first-order valence-electron chi connectivity index (χ1n) is 7.37. The first-order chi connectivity index (χ1) is 10.6. The predicted molar refractivity (Wildman–Crippen MR) is 75.7 cm³/mol. The van der Waals surface area contributed by atoms with E-state index in [1.54, 1.807) is 6.07 Å². The number of amides is 1. The first kappa shape index (κ1) is 14.8. The highest BCUT2D eigenvalue weighted by Crippen LogP contribution is 2.32. The van der Waals surface area contributed by atoms with Crippen molar-refractivity contribution in [2.75, 3.05) is 13.2 Å². The second-order valence-electron chi connectivity index (χ2n) is 5.61. The summed E-state index contributed by atoms with van der Waals surface area (Å²) in [5.41, 5.74) is 0.343. The first-order valence-corrected chi connectivity index (χ1v) is 7.37. The van der Waals surface area contributed by atoms with E-state index < -0.39 is 17.9 Å². The molecule has 7 heteroatoms. The van der Waals surface area contributed by atoms with E-state index in [2.05, 4.69) is 10.3 Å². The lowest BCUT2D eigenvalue weighted by molar-refractivity contribution is -0.139. The Morgan fingerprint density at radius 2 is 2.23 bits per heavy atom. The zero-order valence-corrected chi connectivity index (χ0v) is 12.0. The van der Waals surface area contributed by atoms with Crippen molar-refractivity contribution in [2.24, 2.45) is 5.92 Å². The van der Waals surface area contributed by atoms with Gasteiger partial charge in [0, 0.05) is 24.2 Å². The molecule has 1 amide bonds. The number of carboxylic acid groups (broad SMARTS) is 1. The summed E-state index contributed by atoms with van der Waals surface area (Å²) in [6, 6.07) is 2.24. The third kappa shape index (κ3) is 3.54. The summed E-state index contributed by atoms with van der Waals surface area (Å²) < 4.78 is 10.9. The Balaban J connectivity index is 1.65. The van der Waals surface area contributed by atoms with E-state index in [0.717, 1.165) is 19.3 Å². The molecular weight excluding hydrogens is 288 g/mol. The van der Waals surface area contributed by atoms with Gasteiger partial charge in [0.25, 0.3) is 5.91 Å². The van der Waals surface area contributed by atoms with Gasteiger partial charge in [-0.25, -0.2) is 9.78 Å². The molecule has 1 aromatic heterocycles. The second kappa shape index (κ2) is 6.31. The van der Waals surface area contributed by atoms with Crippen molar-refractivity contribution in [2.45, 2.75) is 31.4 Å². The van der Waals surface area contributed by atoms with Gasteiger partial charge >= 0.3 is 5.97 Å². The van der Waals surface area contributed by atoms with Gasteiger partial charge < -0.3 is 19.9 Å². The van der Waals surface area contributed by atoms with Crippen LogP contribution in [0.3, 0.4) is 0 Å². The van der Waals surface area contributed by atoms with Gasteiger partial charge in [0.1, 0.15) is 12.1 Å². The molecule has 7 nitrogen and oxygen atoms in total. The van der Waals surface area contributed by atoms with Crippen LogP contribution in [0.25, 0.3) is 0 Å². The largest absolute Gasteiger partial charge is 0.480 e. The van der Waals surface area contributed by atoms with E-state index in [1.165, 1.54) is 12.3 Å². The number of aliphatic carboxylic acids is 1. The molecule has 1 aliphatic heterocycles. The fourth-order valence-corrected chi connectivity index (χ4v) is 2.43. The molecular formula is C15H18N2O5. The zero-order valence-electron chi connectivity index (χ0n) is 12.0. The van der Waals surface area contributed by atoms with Crippen LogP contribution in [0, 0.1) is 5.92 Å². The van der Waals surface area contributed by atoms with Crippen LogP contribution in [0.2, 0.25) is 0 Å². The van der Waals surface area contributed by atoms with E-state index in [-0.39, 0.29) is 12.0 Å². The normalized spacial score (nSPS) is 22.1. The fourth-order valence-electron chi connectivity index (χ4n) is 2.43. The summed E-state index contributed by atoms with van der Waals surface area (Å²) in [4.78, 5) is 27.5. The Kier molecular flexibility index (Phi) is 4.24. The molecule has 1 aromatic rings. The monoisotopic (exact) mass is 306 g/mol. The van der Waals surface area contributed by atoms with Crippen molar-refractivity contribution >= 4 is 11.9 Å². The van der Waals surface area contributed by atoms with Crippen LogP contribution in [-0.2, 0) is 9.53 Å². The maximum Gasteiger partial charge on any atom is 0.326 e. The van der Waals surface area contributed by atoms with Crippen LogP contribution in [0.4, 0.5) is 0 Å². The summed E-state index contributed by atoms with van der Waals surface area (Å²) in [5.74, 6) is -1.03. The van der Waals surface area contributed by atoms with Crippen molar-refractivity contribution in [3.63, 3.8) is 0 Å². The van der Waals surface area contributed by atoms with Gasteiger partial charge in [-0.3, -0.25) is 4.79 Å². The number of aromatic nitrogens is 1. The van der Waals surface area contributed by atoms with Gasteiger partial charge in [0.05, 0.1) is 13.2 Å². The number of hydrogen-bond acceptors (Lipinski definition) is 5. The van der Waals surface area contributed by atoms with Crippen molar-refractivity contribution in [1.29, 1.82) is 0 Å². The molecule has 118 valence electrons. The summed E-state index contributed by atoms with van der Waals surface area (Å²) in [7, 11) is 0. The Bertz CT molecular complexity index is 567. The Morgan fingerprint density at radius 3 is 2.86 bits per heavy atom. The minimum Gasteiger partial charge on any atom is -0.480 e. The smallest absolute Gasteiger partial charge is 0.326 e. The number of carbonyl (C=O) groups excluding carboxylic acids is 1. The lowest BCUT2D eigenvalue weighted by Gasteiger charge is -2.14. The number of pyridine rings is 1. The van der Waals surface area contributed by atoms with E-state index >= 15 is 0 Å². The molecule has 2 atom stereocenters. The topological polar surface area (TPSA) is 97.8 Å². The molecule has 0 radical (unpaired) electrons. The highest BCUT2D eigenvalue weighted by molar-refractivity contribution is 5.96. The molecule has 2 heterocycles. The van der Waals surface area contributed by atoms with E-state index in [4.69, 9.17) is 14.6 Å². The number of ether oxygens (including phenoxy) is 2. The van der Waals surface area contributed by atoms with Gasteiger partial charge in [0.15, 0.2) is 0 Å². The molecule has 1 aliphatic carbocycles. The quantitative estimate of drug-likeness (QED) is 0.808. The average Bonchev–Trinajstić information content (AvgIpc) is 3.22. The standard InChI is InChI=1S/C15H18N2O5/c18-14(17-13(15(19)20)9-1-2-9)10-3-5-16-12(7-10)22-11-4-6-21-8-11/h3,5,7,9,11,13H,1-2,4,6,8H2,(H,17,18)(H,19,20). The van der Waals surface area contributed by atoms with Gasteiger partial charge in [-0.05, 0) is 24.8 Å². The molecule has 2 fully saturated rings. The maximum atomic E-state index is 12.2. The van der Waals surface area contributed by atoms with Crippen LogP contribution < -0.4 is 10.1 Å². The van der Waals surface area contributed by atoms with Crippen molar-refractivity contribution in [3.8, 4) is 5.88 Å². The van der Waals surface area contributed by atoms with E-state index in [9.17, 15) is 9.59 Å². The van der Waals surface area contributed by atoms with Crippen LogP contribution >= 0.6 is 0 Å². The molecule has 1 saturated heterocycles. The minimum atomic E-state index is -0.996. The number of nitrogens with zero attached hydrogens (tertiary/aromatic N) is 1. The Morgan fingerprint density at radius 1 is 1.41 bits per heavy atom. The average molecular weight is 306 g/mol. The van der Waals surface area contributed by atoms with E-state index in [0.29, 0.717) is 24.7 Å². The number of nitrogens with one attached hydrogen (secondary N) is 1. The number of hydrogen-bond donors (Lipinski definition) is 2.